The largest absolute Gasteiger partial charge is 0.314 e. The summed E-state index contributed by atoms with van der Waals surface area (Å²) in [5.74, 6) is -0.00273. The smallest absolute Gasteiger partial charge is 0.100 e. The van der Waals surface area contributed by atoms with Gasteiger partial charge in [-0.3, -0.25) is 0 Å². The standard InChI is InChI=1S/C9H14FN/c1-7(11-2)8-3-5-9(10)6-4-8/h3,5,7,11H,4,6H2,1-2H3/t7-/m0/s1. The quantitative estimate of drug-likeness (QED) is 0.644. The number of nitrogens with one attached hydrogen (secondary N) is 1. The van der Waals surface area contributed by atoms with Gasteiger partial charge in [0.2, 0.25) is 0 Å². The SMILES string of the molecule is CN[C@@H](C)C1=CC=C(F)CC1. The van der Waals surface area contributed by atoms with Gasteiger partial charge >= 0.3 is 0 Å². The highest BCUT2D eigenvalue weighted by molar-refractivity contribution is 5.23. The molecule has 0 spiro atoms. The minimum Gasteiger partial charge on any atom is -0.314 e. The van der Waals surface area contributed by atoms with Crippen LogP contribution in [0.15, 0.2) is 23.6 Å². The zero-order valence-electron chi connectivity index (χ0n) is 7.02. The summed E-state index contributed by atoms with van der Waals surface area (Å²) in [5.41, 5.74) is 1.29. The predicted octanol–water partition coefficient (Wildman–Crippen LogP) is 2.17. The van der Waals surface area contributed by atoms with Crippen LogP contribution < -0.4 is 5.32 Å². The Hall–Kier alpha value is -0.630. The monoisotopic (exact) mass is 155 g/mol. The fraction of sp³-hybridized carbons (Fsp3) is 0.556. The van der Waals surface area contributed by atoms with Gasteiger partial charge in [0.25, 0.3) is 0 Å². The second-order valence-electron chi connectivity index (χ2n) is 2.87. The third kappa shape index (κ3) is 2.15. The van der Waals surface area contributed by atoms with Crippen LogP contribution in [-0.2, 0) is 0 Å². The van der Waals surface area contributed by atoms with Crippen molar-refractivity contribution in [3.63, 3.8) is 0 Å². The van der Waals surface area contributed by atoms with Crippen molar-refractivity contribution < 1.29 is 4.39 Å². The Morgan fingerprint density at radius 3 is 2.64 bits per heavy atom. The van der Waals surface area contributed by atoms with Crippen molar-refractivity contribution in [3.05, 3.63) is 23.6 Å². The lowest BCUT2D eigenvalue weighted by atomic mass is 9.99. The van der Waals surface area contributed by atoms with E-state index in [1.165, 1.54) is 5.57 Å². The van der Waals surface area contributed by atoms with Gasteiger partial charge in [0.05, 0.1) is 0 Å². The van der Waals surface area contributed by atoms with Gasteiger partial charge in [0.15, 0.2) is 0 Å². The van der Waals surface area contributed by atoms with E-state index in [1.807, 2.05) is 13.1 Å². The van der Waals surface area contributed by atoms with E-state index in [2.05, 4.69) is 12.2 Å². The van der Waals surface area contributed by atoms with Crippen molar-refractivity contribution >= 4 is 0 Å². The van der Waals surface area contributed by atoms with E-state index in [4.69, 9.17) is 0 Å². The minimum atomic E-state index is -0.00273. The molecule has 2 heteroatoms. The molecule has 1 atom stereocenters. The van der Waals surface area contributed by atoms with Crippen molar-refractivity contribution in [2.45, 2.75) is 25.8 Å². The molecule has 0 saturated carbocycles. The van der Waals surface area contributed by atoms with Crippen LogP contribution in [0.5, 0.6) is 0 Å². The van der Waals surface area contributed by atoms with E-state index in [-0.39, 0.29) is 5.83 Å². The second kappa shape index (κ2) is 3.67. The average Bonchev–Trinajstić information content (AvgIpc) is 2.05. The normalized spacial score (nSPS) is 20.6. The van der Waals surface area contributed by atoms with Crippen molar-refractivity contribution in [3.8, 4) is 0 Å². The Morgan fingerprint density at radius 1 is 1.45 bits per heavy atom. The molecule has 11 heavy (non-hydrogen) atoms. The molecule has 0 heterocycles. The maximum Gasteiger partial charge on any atom is 0.100 e. The van der Waals surface area contributed by atoms with Crippen LogP contribution in [0.4, 0.5) is 4.39 Å². The van der Waals surface area contributed by atoms with Crippen LogP contribution in [0.25, 0.3) is 0 Å². The van der Waals surface area contributed by atoms with E-state index in [0.29, 0.717) is 12.5 Å². The lowest BCUT2D eigenvalue weighted by Crippen LogP contribution is -2.24. The molecule has 0 unspecified atom stereocenters. The van der Waals surface area contributed by atoms with E-state index >= 15 is 0 Å². The summed E-state index contributed by atoms with van der Waals surface area (Å²) in [4.78, 5) is 0. The Kier molecular flexibility index (Phi) is 2.83. The molecule has 0 bridgehead atoms. The average molecular weight is 155 g/mol. The van der Waals surface area contributed by atoms with E-state index < -0.39 is 0 Å². The number of allylic oxidation sites excluding steroid dienone is 3. The number of likely N-dealkylation sites (N-methyl/N-ethyl adjacent to an activating group) is 1. The summed E-state index contributed by atoms with van der Waals surface area (Å²) >= 11 is 0. The van der Waals surface area contributed by atoms with Crippen LogP contribution in [-0.4, -0.2) is 13.1 Å². The predicted molar refractivity (Wildman–Crippen MR) is 45.0 cm³/mol. The maximum atomic E-state index is 12.5. The van der Waals surface area contributed by atoms with Crippen LogP contribution in [0, 0.1) is 0 Å². The summed E-state index contributed by atoms with van der Waals surface area (Å²) in [7, 11) is 1.92. The lowest BCUT2D eigenvalue weighted by molar-refractivity contribution is 0.562. The minimum absolute atomic E-state index is 0.00273. The third-order valence-electron chi connectivity index (χ3n) is 2.12. The summed E-state index contributed by atoms with van der Waals surface area (Å²) in [6.07, 6.45) is 4.86. The zero-order chi connectivity index (χ0) is 8.27. The molecule has 0 fully saturated rings. The van der Waals surface area contributed by atoms with E-state index in [0.717, 1.165) is 6.42 Å². The highest BCUT2D eigenvalue weighted by Crippen LogP contribution is 2.20. The van der Waals surface area contributed by atoms with Crippen molar-refractivity contribution in [1.29, 1.82) is 0 Å². The summed E-state index contributed by atoms with van der Waals surface area (Å²) in [5, 5.41) is 3.13. The Balaban J connectivity index is 2.60. The molecule has 1 aliphatic rings. The van der Waals surface area contributed by atoms with Gasteiger partial charge in [-0.25, -0.2) is 4.39 Å². The molecule has 0 aromatic rings. The molecule has 1 N–H and O–H groups in total. The van der Waals surface area contributed by atoms with Gasteiger partial charge in [0, 0.05) is 12.5 Å². The first-order chi connectivity index (χ1) is 5.24. The summed E-state index contributed by atoms with van der Waals surface area (Å²) in [6.45, 7) is 2.09. The Labute approximate surface area is 67.0 Å². The number of hydrogen-bond acceptors (Lipinski definition) is 1. The van der Waals surface area contributed by atoms with Crippen LogP contribution in [0.2, 0.25) is 0 Å². The topological polar surface area (TPSA) is 12.0 Å². The first-order valence-corrected chi connectivity index (χ1v) is 3.96. The van der Waals surface area contributed by atoms with Crippen molar-refractivity contribution in [1.82, 2.24) is 5.32 Å². The van der Waals surface area contributed by atoms with E-state index in [1.54, 1.807) is 6.08 Å². The number of hydrogen-bond donors (Lipinski definition) is 1. The van der Waals surface area contributed by atoms with Gasteiger partial charge < -0.3 is 5.32 Å². The van der Waals surface area contributed by atoms with Gasteiger partial charge in [-0.15, -0.1) is 0 Å². The van der Waals surface area contributed by atoms with Crippen molar-refractivity contribution in [2.24, 2.45) is 0 Å². The molecule has 0 aromatic heterocycles. The highest BCUT2D eigenvalue weighted by Gasteiger charge is 2.09. The molecule has 0 aromatic carbocycles. The molecule has 1 nitrogen and oxygen atoms in total. The molecular weight excluding hydrogens is 141 g/mol. The molecular formula is C9H14FN. The molecule has 62 valence electrons. The molecule has 0 amide bonds. The zero-order valence-corrected chi connectivity index (χ0v) is 7.02. The molecule has 0 saturated heterocycles. The van der Waals surface area contributed by atoms with Gasteiger partial charge in [-0.05, 0) is 26.5 Å². The fourth-order valence-electron chi connectivity index (χ4n) is 1.17. The van der Waals surface area contributed by atoms with Gasteiger partial charge in [-0.1, -0.05) is 11.6 Å². The molecule has 0 radical (unpaired) electrons. The Bertz CT molecular complexity index is 194. The lowest BCUT2D eigenvalue weighted by Gasteiger charge is -2.16. The van der Waals surface area contributed by atoms with Crippen LogP contribution in [0.1, 0.15) is 19.8 Å². The van der Waals surface area contributed by atoms with Gasteiger partial charge in [-0.2, -0.15) is 0 Å². The number of halogens is 1. The molecule has 1 rings (SSSR count). The third-order valence-corrected chi connectivity index (χ3v) is 2.12. The first kappa shape index (κ1) is 8.47. The summed E-state index contributed by atoms with van der Waals surface area (Å²) in [6, 6.07) is 0.374. The number of rotatable bonds is 2. The molecule has 0 aliphatic heterocycles. The molecule has 1 aliphatic carbocycles. The maximum absolute atomic E-state index is 12.5. The Morgan fingerprint density at radius 2 is 2.18 bits per heavy atom. The highest BCUT2D eigenvalue weighted by atomic mass is 19.1. The van der Waals surface area contributed by atoms with Gasteiger partial charge in [0.1, 0.15) is 5.83 Å². The first-order valence-electron chi connectivity index (χ1n) is 3.96. The second-order valence-corrected chi connectivity index (χ2v) is 2.87. The van der Waals surface area contributed by atoms with Crippen LogP contribution in [0.3, 0.4) is 0 Å². The van der Waals surface area contributed by atoms with E-state index in [9.17, 15) is 4.39 Å². The van der Waals surface area contributed by atoms with Crippen LogP contribution >= 0.6 is 0 Å². The van der Waals surface area contributed by atoms with Crippen molar-refractivity contribution in [2.75, 3.05) is 7.05 Å². The fourth-order valence-corrected chi connectivity index (χ4v) is 1.17. The summed E-state index contributed by atoms with van der Waals surface area (Å²) < 4.78 is 12.5.